The molecule has 0 aliphatic carbocycles. The van der Waals surface area contributed by atoms with E-state index in [4.69, 9.17) is 16.0 Å². The summed E-state index contributed by atoms with van der Waals surface area (Å²) in [6.45, 7) is -0.196. The lowest BCUT2D eigenvalue weighted by atomic mass is 10.2. The second-order valence-corrected chi connectivity index (χ2v) is 7.59. The maximum Gasteiger partial charge on any atom is 0.335 e. The first kappa shape index (κ1) is 18.9. The molecule has 1 aromatic carbocycles. The molecule has 3 aromatic rings. The highest BCUT2D eigenvalue weighted by atomic mass is 35.5. The Morgan fingerprint density at radius 1 is 1.19 bits per heavy atom. The van der Waals surface area contributed by atoms with Gasteiger partial charge in [0.25, 0.3) is 5.91 Å². The Morgan fingerprint density at radius 3 is 2.70 bits per heavy atom. The van der Waals surface area contributed by atoms with Gasteiger partial charge in [0.2, 0.25) is 15.7 Å². The van der Waals surface area contributed by atoms with E-state index in [-0.39, 0.29) is 28.7 Å². The van der Waals surface area contributed by atoms with Gasteiger partial charge in [-0.15, -0.1) is 5.10 Å². The van der Waals surface area contributed by atoms with E-state index in [1.165, 1.54) is 24.4 Å². The zero-order valence-electron chi connectivity index (χ0n) is 13.6. The fourth-order valence-electron chi connectivity index (χ4n) is 2.10. The quantitative estimate of drug-likeness (QED) is 0.662. The average Bonchev–Trinajstić information content (AvgIpc) is 3.14. The first-order valence-corrected chi connectivity index (χ1v) is 9.57. The van der Waals surface area contributed by atoms with Crippen LogP contribution in [0, 0.1) is 5.82 Å². The second-order valence-electron chi connectivity index (χ2n) is 5.32. The number of rotatable bonds is 6. The van der Waals surface area contributed by atoms with Crippen molar-refractivity contribution in [3.8, 4) is 0 Å². The van der Waals surface area contributed by atoms with Crippen LogP contribution in [0.2, 0.25) is 5.02 Å². The van der Waals surface area contributed by atoms with Crippen LogP contribution in [0.15, 0.2) is 52.2 Å². The van der Waals surface area contributed by atoms with E-state index >= 15 is 0 Å². The van der Waals surface area contributed by atoms with Gasteiger partial charge < -0.3 is 9.73 Å². The number of nitrogens with zero attached hydrogens (tertiary/aromatic N) is 3. The zero-order valence-corrected chi connectivity index (χ0v) is 15.2. The number of carbonyl (C=O) groups excluding carboxylic acids is 1. The predicted molar refractivity (Wildman–Crippen MR) is 92.0 cm³/mol. The Balaban J connectivity index is 1.70. The number of carbonyl (C=O) groups is 1. The van der Waals surface area contributed by atoms with Crippen LogP contribution < -0.4 is 5.32 Å². The summed E-state index contributed by atoms with van der Waals surface area (Å²) in [5.74, 6) is -2.11. The number of amides is 1. The number of pyridine rings is 1. The Hall–Kier alpha value is -2.85. The number of halogens is 2. The van der Waals surface area contributed by atoms with E-state index < -0.39 is 32.5 Å². The highest BCUT2D eigenvalue weighted by molar-refractivity contribution is 7.90. The summed E-state index contributed by atoms with van der Waals surface area (Å²) in [5.41, 5.74) is -0.0126. The van der Waals surface area contributed by atoms with Crippen molar-refractivity contribution in [2.45, 2.75) is 17.5 Å². The Morgan fingerprint density at radius 2 is 2.00 bits per heavy atom. The summed E-state index contributed by atoms with van der Waals surface area (Å²) >= 11 is 5.85. The molecule has 11 heteroatoms. The van der Waals surface area contributed by atoms with E-state index in [0.717, 1.165) is 6.07 Å². The van der Waals surface area contributed by atoms with Gasteiger partial charge >= 0.3 is 5.22 Å². The second kappa shape index (κ2) is 7.80. The molecule has 0 bridgehead atoms. The smallest absolute Gasteiger partial charge is 0.335 e. The molecular weight excluding hydrogens is 399 g/mol. The summed E-state index contributed by atoms with van der Waals surface area (Å²) < 4.78 is 43.6. The molecule has 0 spiro atoms. The van der Waals surface area contributed by atoms with Gasteiger partial charge in [0, 0.05) is 16.8 Å². The molecule has 0 saturated carbocycles. The van der Waals surface area contributed by atoms with Gasteiger partial charge in [-0.3, -0.25) is 9.78 Å². The maximum absolute atomic E-state index is 13.8. The molecule has 1 amide bonds. The molecule has 0 aliphatic rings. The van der Waals surface area contributed by atoms with Crippen molar-refractivity contribution in [1.29, 1.82) is 0 Å². The monoisotopic (exact) mass is 410 g/mol. The number of benzene rings is 1. The maximum atomic E-state index is 13.8. The zero-order chi connectivity index (χ0) is 19.4. The standard InChI is InChI=1S/C16H12ClFN4O4S/c17-11-4-3-5-12(18)10(11)9-27(24,25)16-22-21-14(26-16)8-20-15(23)13-6-1-2-7-19-13/h1-7H,8-9H2,(H,20,23). The van der Waals surface area contributed by atoms with Crippen LogP contribution in [-0.2, 0) is 22.1 Å². The lowest BCUT2D eigenvalue weighted by Crippen LogP contribution is -2.23. The molecule has 0 unspecified atom stereocenters. The van der Waals surface area contributed by atoms with Gasteiger partial charge in [0.1, 0.15) is 11.5 Å². The Kier molecular flexibility index (Phi) is 5.47. The molecule has 1 N–H and O–H groups in total. The van der Waals surface area contributed by atoms with E-state index in [0.29, 0.717) is 0 Å². The van der Waals surface area contributed by atoms with Gasteiger partial charge in [-0.1, -0.05) is 28.8 Å². The SMILES string of the molecule is O=C(NCc1nnc(S(=O)(=O)Cc2c(F)cccc2Cl)o1)c1ccccn1. The number of hydrogen-bond donors (Lipinski definition) is 1. The lowest BCUT2D eigenvalue weighted by Gasteiger charge is -2.04. The first-order valence-electron chi connectivity index (χ1n) is 7.54. The summed E-state index contributed by atoms with van der Waals surface area (Å²) in [7, 11) is -4.12. The molecule has 0 atom stereocenters. The van der Waals surface area contributed by atoms with Crippen molar-refractivity contribution in [3.63, 3.8) is 0 Å². The number of sulfone groups is 1. The van der Waals surface area contributed by atoms with Crippen molar-refractivity contribution in [2.24, 2.45) is 0 Å². The highest BCUT2D eigenvalue weighted by Gasteiger charge is 2.26. The molecule has 0 radical (unpaired) electrons. The molecule has 2 heterocycles. The predicted octanol–water partition coefficient (Wildman–Crippen LogP) is 2.16. The minimum Gasteiger partial charge on any atom is -0.411 e. The van der Waals surface area contributed by atoms with E-state index in [1.807, 2.05) is 0 Å². The van der Waals surface area contributed by atoms with Crippen LogP contribution in [0.5, 0.6) is 0 Å². The molecule has 0 fully saturated rings. The lowest BCUT2D eigenvalue weighted by molar-refractivity contribution is 0.0941. The third-order valence-electron chi connectivity index (χ3n) is 3.41. The largest absolute Gasteiger partial charge is 0.411 e. The molecular formula is C16H12ClFN4O4S. The fourth-order valence-corrected chi connectivity index (χ4v) is 3.60. The minimum atomic E-state index is -4.12. The molecule has 27 heavy (non-hydrogen) atoms. The van der Waals surface area contributed by atoms with Crippen LogP contribution in [0.4, 0.5) is 4.39 Å². The Bertz CT molecular complexity index is 1050. The Labute approximate surface area is 158 Å². The van der Waals surface area contributed by atoms with Crippen LogP contribution >= 0.6 is 11.6 Å². The van der Waals surface area contributed by atoms with Gasteiger partial charge in [-0.25, -0.2) is 12.8 Å². The number of hydrogen-bond acceptors (Lipinski definition) is 7. The molecule has 2 aromatic heterocycles. The van der Waals surface area contributed by atoms with Crippen LogP contribution in [-0.4, -0.2) is 29.5 Å². The van der Waals surface area contributed by atoms with Crippen molar-refractivity contribution >= 4 is 27.3 Å². The fraction of sp³-hybridized carbons (Fsp3) is 0.125. The van der Waals surface area contributed by atoms with Crippen molar-refractivity contribution in [3.05, 3.63) is 70.6 Å². The number of nitrogens with one attached hydrogen (secondary N) is 1. The van der Waals surface area contributed by atoms with Crippen molar-refractivity contribution in [1.82, 2.24) is 20.5 Å². The van der Waals surface area contributed by atoms with Crippen LogP contribution in [0.25, 0.3) is 0 Å². The minimum absolute atomic E-state index is 0.0269. The molecule has 0 saturated heterocycles. The normalized spacial score (nSPS) is 11.3. The van der Waals surface area contributed by atoms with Crippen LogP contribution in [0.3, 0.4) is 0 Å². The van der Waals surface area contributed by atoms with E-state index in [2.05, 4.69) is 20.5 Å². The number of aromatic nitrogens is 3. The summed E-state index contributed by atoms with van der Waals surface area (Å²) in [6, 6.07) is 8.66. The van der Waals surface area contributed by atoms with E-state index in [1.54, 1.807) is 12.1 Å². The third-order valence-corrected chi connectivity index (χ3v) is 5.13. The molecule has 3 rings (SSSR count). The average molecular weight is 411 g/mol. The summed E-state index contributed by atoms with van der Waals surface area (Å²) in [4.78, 5) is 15.8. The van der Waals surface area contributed by atoms with Crippen molar-refractivity contribution < 1.29 is 22.0 Å². The molecule has 140 valence electrons. The molecule has 0 aliphatic heterocycles. The highest BCUT2D eigenvalue weighted by Crippen LogP contribution is 2.24. The first-order chi connectivity index (χ1) is 12.9. The summed E-state index contributed by atoms with van der Waals surface area (Å²) in [6.07, 6.45) is 1.46. The topological polar surface area (TPSA) is 115 Å². The van der Waals surface area contributed by atoms with Gasteiger partial charge in [0.05, 0.1) is 12.3 Å². The third kappa shape index (κ3) is 4.47. The summed E-state index contributed by atoms with van der Waals surface area (Å²) in [5, 5.41) is 8.79. The molecule has 8 nitrogen and oxygen atoms in total. The van der Waals surface area contributed by atoms with Gasteiger partial charge in [-0.05, 0) is 24.3 Å². The van der Waals surface area contributed by atoms with Crippen molar-refractivity contribution in [2.75, 3.05) is 0 Å². The van der Waals surface area contributed by atoms with E-state index in [9.17, 15) is 17.6 Å². The van der Waals surface area contributed by atoms with Gasteiger partial charge in [-0.2, -0.15) is 0 Å². The van der Waals surface area contributed by atoms with Crippen LogP contribution in [0.1, 0.15) is 21.9 Å². The van der Waals surface area contributed by atoms with Gasteiger partial charge in [0.15, 0.2) is 0 Å².